The van der Waals surface area contributed by atoms with Gasteiger partial charge in [0.1, 0.15) is 5.82 Å². The summed E-state index contributed by atoms with van der Waals surface area (Å²) in [5, 5.41) is 2.44. The highest BCUT2D eigenvalue weighted by Crippen LogP contribution is 2.26. The Balaban J connectivity index is 1.98. The van der Waals surface area contributed by atoms with Gasteiger partial charge in [-0.2, -0.15) is 0 Å². The predicted octanol–water partition coefficient (Wildman–Crippen LogP) is 3.95. The number of para-hydroxylation sites is 1. The molecule has 2 rings (SSSR count). The fourth-order valence-electron chi connectivity index (χ4n) is 1.55. The Hall–Kier alpha value is -1.81. The van der Waals surface area contributed by atoms with E-state index in [2.05, 4.69) is 5.32 Å². The van der Waals surface area contributed by atoms with Gasteiger partial charge in [-0.3, -0.25) is 4.79 Å². The third kappa shape index (κ3) is 3.83. The Morgan fingerprint density at radius 2 is 1.74 bits per heavy atom. The van der Waals surface area contributed by atoms with Crippen molar-refractivity contribution in [3.63, 3.8) is 0 Å². The van der Waals surface area contributed by atoms with E-state index in [0.29, 0.717) is 4.90 Å². The van der Waals surface area contributed by atoms with Crippen LogP contribution in [0.15, 0.2) is 59.5 Å². The van der Waals surface area contributed by atoms with Crippen LogP contribution in [-0.2, 0) is 4.79 Å². The summed E-state index contributed by atoms with van der Waals surface area (Å²) < 4.78 is 13.5. The van der Waals surface area contributed by atoms with E-state index in [1.807, 2.05) is 30.3 Å². The summed E-state index contributed by atoms with van der Waals surface area (Å²) in [6.45, 7) is 1.76. The molecule has 0 aromatic heterocycles. The smallest absolute Gasteiger partial charge is 0.237 e. The molecule has 0 heterocycles. The minimum atomic E-state index is -0.364. The maximum Gasteiger partial charge on any atom is 0.237 e. The number of amides is 1. The van der Waals surface area contributed by atoms with Crippen molar-refractivity contribution in [2.24, 2.45) is 0 Å². The summed E-state index contributed by atoms with van der Waals surface area (Å²) in [6, 6.07) is 15.7. The normalized spacial score (nSPS) is 11.9. The van der Waals surface area contributed by atoms with E-state index >= 15 is 0 Å². The quantitative estimate of drug-likeness (QED) is 0.856. The maximum absolute atomic E-state index is 13.5. The van der Waals surface area contributed by atoms with Gasteiger partial charge < -0.3 is 5.32 Å². The number of thioether (sulfide) groups is 1. The maximum atomic E-state index is 13.5. The Morgan fingerprint density at radius 1 is 1.11 bits per heavy atom. The molecule has 2 nitrogen and oxygen atoms in total. The molecule has 4 heteroatoms. The third-order valence-electron chi connectivity index (χ3n) is 2.55. The molecule has 19 heavy (non-hydrogen) atoms. The summed E-state index contributed by atoms with van der Waals surface area (Å²) in [5.74, 6) is -0.439. The van der Waals surface area contributed by atoms with Crippen LogP contribution in [0.4, 0.5) is 10.1 Å². The van der Waals surface area contributed by atoms with E-state index in [1.165, 1.54) is 17.8 Å². The Bertz CT molecular complexity index is 559. The zero-order chi connectivity index (χ0) is 13.7. The van der Waals surface area contributed by atoms with Crippen LogP contribution in [0.1, 0.15) is 6.92 Å². The SMILES string of the molecule is CC(Sc1ccccc1F)C(=O)Nc1ccccc1. The molecule has 0 saturated carbocycles. The van der Waals surface area contributed by atoms with Crippen LogP contribution in [-0.4, -0.2) is 11.2 Å². The van der Waals surface area contributed by atoms with E-state index in [9.17, 15) is 9.18 Å². The molecule has 0 fully saturated rings. The minimum absolute atomic E-state index is 0.139. The second kappa shape index (κ2) is 6.38. The number of benzene rings is 2. The van der Waals surface area contributed by atoms with Gasteiger partial charge in [-0.25, -0.2) is 4.39 Å². The lowest BCUT2D eigenvalue weighted by atomic mass is 10.3. The average molecular weight is 275 g/mol. The number of anilines is 1. The van der Waals surface area contributed by atoms with Crippen LogP contribution in [0.25, 0.3) is 0 Å². The number of nitrogens with one attached hydrogen (secondary N) is 1. The topological polar surface area (TPSA) is 29.1 Å². The first-order chi connectivity index (χ1) is 9.16. The molecule has 1 amide bonds. The molecular weight excluding hydrogens is 261 g/mol. The van der Waals surface area contributed by atoms with Gasteiger partial charge in [0, 0.05) is 10.6 Å². The van der Waals surface area contributed by atoms with Gasteiger partial charge in [0.25, 0.3) is 0 Å². The summed E-state index contributed by atoms with van der Waals surface area (Å²) in [4.78, 5) is 12.5. The van der Waals surface area contributed by atoms with Crippen LogP contribution in [0, 0.1) is 5.82 Å². The van der Waals surface area contributed by atoms with E-state index in [-0.39, 0.29) is 17.0 Å². The van der Waals surface area contributed by atoms with E-state index in [0.717, 1.165) is 5.69 Å². The number of carbonyl (C=O) groups is 1. The summed E-state index contributed by atoms with van der Waals surface area (Å²) in [6.07, 6.45) is 0. The van der Waals surface area contributed by atoms with E-state index < -0.39 is 0 Å². The van der Waals surface area contributed by atoms with Crippen molar-refractivity contribution in [3.05, 3.63) is 60.4 Å². The zero-order valence-electron chi connectivity index (χ0n) is 10.5. The van der Waals surface area contributed by atoms with Gasteiger partial charge in [0.05, 0.1) is 5.25 Å². The van der Waals surface area contributed by atoms with Gasteiger partial charge >= 0.3 is 0 Å². The van der Waals surface area contributed by atoms with Gasteiger partial charge in [0.2, 0.25) is 5.91 Å². The Labute approximate surface area is 116 Å². The average Bonchev–Trinajstić information content (AvgIpc) is 2.42. The monoisotopic (exact) mass is 275 g/mol. The predicted molar refractivity (Wildman–Crippen MR) is 76.8 cm³/mol. The number of halogens is 1. The number of hydrogen-bond donors (Lipinski definition) is 1. The zero-order valence-corrected chi connectivity index (χ0v) is 11.3. The molecule has 1 unspecified atom stereocenters. The first-order valence-electron chi connectivity index (χ1n) is 5.94. The number of rotatable bonds is 4. The summed E-state index contributed by atoms with van der Waals surface area (Å²) in [7, 11) is 0. The van der Waals surface area contributed by atoms with Gasteiger partial charge in [-0.15, -0.1) is 11.8 Å². The molecule has 0 aliphatic heterocycles. The highest BCUT2D eigenvalue weighted by Gasteiger charge is 2.16. The van der Waals surface area contributed by atoms with Crippen molar-refractivity contribution >= 4 is 23.4 Å². The van der Waals surface area contributed by atoms with Gasteiger partial charge in [-0.1, -0.05) is 30.3 Å². The van der Waals surface area contributed by atoms with E-state index in [4.69, 9.17) is 0 Å². The summed E-state index contributed by atoms with van der Waals surface area (Å²) >= 11 is 1.21. The lowest BCUT2D eigenvalue weighted by Crippen LogP contribution is -2.22. The van der Waals surface area contributed by atoms with Crippen LogP contribution < -0.4 is 5.32 Å². The molecule has 1 atom stereocenters. The fraction of sp³-hybridized carbons (Fsp3) is 0.133. The van der Waals surface area contributed by atoms with Crippen LogP contribution in [0.5, 0.6) is 0 Å². The Kier molecular flexibility index (Phi) is 4.58. The van der Waals surface area contributed by atoms with E-state index in [1.54, 1.807) is 25.1 Å². The summed E-state index contributed by atoms with van der Waals surface area (Å²) in [5.41, 5.74) is 0.744. The van der Waals surface area contributed by atoms with Crippen LogP contribution in [0.2, 0.25) is 0 Å². The van der Waals surface area contributed by atoms with Gasteiger partial charge in [-0.05, 0) is 31.2 Å². The van der Waals surface area contributed by atoms with Crippen molar-refractivity contribution in [3.8, 4) is 0 Å². The van der Waals surface area contributed by atoms with Crippen molar-refractivity contribution in [1.29, 1.82) is 0 Å². The fourth-order valence-corrected chi connectivity index (χ4v) is 2.43. The number of carbonyl (C=O) groups excluding carboxylic acids is 1. The molecule has 2 aromatic carbocycles. The van der Waals surface area contributed by atoms with Crippen molar-refractivity contribution in [2.75, 3.05) is 5.32 Å². The standard InChI is InChI=1S/C15H14FNOS/c1-11(19-14-10-6-5-9-13(14)16)15(18)17-12-7-3-2-4-8-12/h2-11H,1H3,(H,17,18). The molecule has 1 N–H and O–H groups in total. The number of hydrogen-bond acceptors (Lipinski definition) is 2. The third-order valence-corrected chi connectivity index (χ3v) is 3.70. The molecule has 0 radical (unpaired) electrons. The lowest BCUT2D eigenvalue weighted by Gasteiger charge is -2.12. The Morgan fingerprint density at radius 3 is 2.42 bits per heavy atom. The molecular formula is C15H14FNOS. The molecule has 0 aliphatic carbocycles. The molecule has 98 valence electrons. The highest BCUT2D eigenvalue weighted by molar-refractivity contribution is 8.00. The largest absolute Gasteiger partial charge is 0.325 e. The molecule has 0 saturated heterocycles. The molecule has 0 aliphatic rings. The van der Waals surface area contributed by atoms with Crippen molar-refractivity contribution < 1.29 is 9.18 Å². The lowest BCUT2D eigenvalue weighted by molar-refractivity contribution is -0.115. The molecule has 2 aromatic rings. The second-order valence-corrected chi connectivity index (χ2v) is 5.43. The second-order valence-electron chi connectivity index (χ2n) is 4.05. The van der Waals surface area contributed by atoms with Gasteiger partial charge in [0.15, 0.2) is 0 Å². The van der Waals surface area contributed by atoms with Crippen molar-refractivity contribution in [2.45, 2.75) is 17.1 Å². The van der Waals surface area contributed by atoms with Crippen molar-refractivity contribution in [1.82, 2.24) is 0 Å². The molecule has 0 spiro atoms. The molecule has 0 bridgehead atoms. The van der Waals surface area contributed by atoms with Crippen LogP contribution in [0.3, 0.4) is 0 Å². The van der Waals surface area contributed by atoms with Crippen LogP contribution >= 0.6 is 11.8 Å². The first-order valence-corrected chi connectivity index (χ1v) is 6.82. The first kappa shape index (κ1) is 13.6. The minimum Gasteiger partial charge on any atom is -0.325 e. The highest BCUT2D eigenvalue weighted by atomic mass is 32.2.